The number of anilines is 1. The minimum atomic E-state index is -0.396. The van der Waals surface area contributed by atoms with Crippen molar-refractivity contribution in [1.82, 2.24) is 0 Å². The zero-order chi connectivity index (χ0) is 15.4. The third kappa shape index (κ3) is 1.81. The number of hydrogen-bond acceptors (Lipinski definition) is 4. The lowest BCUT2D eigenvalue weighted by Gasteiger charge is -2.19. The maximum absolute atomic E-state index is 12.7. The van der Waals surface area contributed by atoms with E-state index in [1.165, 1.54) is 11.8 Å². The summed E-state index contributed by atoms with van der Waals surface area (Å²) < 4.78 is 4.98. The number of fused-ring (bicyclic) bond motifs is 5. The van der Waals surface area contributed by atoms with Gasteiger partial charge >= 0.3 is 5.97 Å². The van der Waals surface area contributed by atoms with Crippen LogP contribution in [-0.4, -0.2) is 17.8 Å². The predicted octanol–water partition coefficient (Wildman–Crippen LogP) is 2.15. The number of ether oxygens (including phenoxy) is 1. The zero-order valence-electron chi connectivity index (χ0n) is 12.3. The highest BCUT2D eigenvalue weighted by Crippen LogP contribution is 2.56. The van der Waals surface area contributed by atoms with Gasteiger partial charge in [0.1, 0.15) is 5.75 Å². The molecule has 5 heteroatoms. The molecule has 2 aliphatic carbocycles. The molecule has 1 aromatic carbocycles. The van der Waals surface area contributed by atoms with Gasteiger partial charge in [0.25, 0.3) is 0 Å². The monoisotopic (exact) mass is 299 g/mol. The maximum atomic E-state index is 12.7. The summed E-state index contributed by atoms with van der Waals surface area (Å²) in [5, 5.41) is 0. The Morgan fingerprint density at radius 1 is 1.05 bits per heavy atom. The number of carbonyl (C=O) groups is 3. The first kappa shape index (κ1) is 13.5. The molecular formula is C17H17NO4. The topological polar surface area (TPSA) is 63.7 Å². The fourth-order valence-corrected chi connectivity index (χ4v) is 4.49. The van der Waals surface area contributed by atoms with E-state index >= 15 is 0 Å². The van der Waals surface area contributed by atoms with E-state index in [-0.39, 0.29) is 23.7 Å². The summed E-state index contributed by atoms with van der Waals surface area (Å²) in [5.74, 6) is 0.458. The smallest absolute Gasteiger partial charge is 0.308 e. The van der Waals surface area contributed by atoms with Crippen molar-refractivity contribution < 1.29 is 19.1 Å². The Morgan fingerprint density at radius 2 is 1.59 bits per heavy atom. The molecule has 0 aromatic heterocycles. The number of hydrogen-bond donors (Lipinski definition) is 0. The van der Waals surface area contributed by atoms with E-state index in [1.807, 2.05) is 0 Å². The van der Waals surface area contributed by atoms with E-state index < -0.39 is 5.97 Å². The van der Waals surface area contributed by atoms with E-state index in [2.05, 4.69) is 0 Å². The quantitative estimate of drug-likeness (QED) is 0.477. The molecule has 4 atom stereocenters. The SMILES string of the molecule is CC(=O)Oc1ccc(N2C(=O)[C@@H]3[C@@H]4CC[C@@H](C4)[C@@H]3C2=O)cc1. The number of nitrogens with zero attached hydrogens (tertiary/aromatic N) is 1. The van der Waals surface area contributed by atoms with Gasteiger partial charge in [-0.15, -0.1) is 0 Å². The van der Waals surface area contributed by atoms with Crippen molar-refractivity contribution in [3.05, 3.63) is 24.3 Å². The Morgan fingerprint density at radius 3 is 2.09 bits per heavy atom. The Hall–Kier alpha value is -2.17. The number of imide groups is 1. The van der Waals surface area contributed by atoms with E-state index in [9.17, 15) is 14.4 Å². The van der Waals surface area contributed by atoms with E-state index in [1.54, 1.807) is 24.3 Å². The van der Waals surface area contributed by atoms with Crippen molar-refractivity contribution in [3.8, 4) is 5.75 Å². The molecule has 0 unspecified atom stereocenters. The van der Waals surface area contributed by atoms with Gasteiger partial charge in [-0.3, -0.25) is 19.3 Å². The van der Waals surface area contributed by atoms with Gasteiger partial charge in [0.05, 0.1) is 17.5 Å². The Kier molecular flexibility index (Phi) is 2.86. The van der Waals surface area contributed by atoms with Crippen LogP contribution in [0.5, 0.6) is 5.75 Å². The minimum absolute atomic E-state index is 0.0533. The summed E-state index contributed by atoms with van der Waals surface area (Å²) in [5.41, 5.74) is 0.569. The molecule has 4 rings (SSSR count). The molecule has 0 spiro atoms. The summed E-state index contributed by atoms with van der Waals surface area (Å²) in [6.07, 6.45) is 3.18. The fourth-order valence-electron chi connectivity index (χ4n) is 4.49. The average Bonchev–Trinajstić information content (AvgIpc) is 3.14. The van der Waals surface area contributed by atoms with Gasteiger partial charge in [-0.2, -0.15) is 0 Å². The van der Waals surface area contributed by atoms with Gasteiger partial charge in [-0.25, -0.2) is 0 Å². The highest BCUT2D eigenvalue weighted by molar-refractivity contribution is 6.22. The number of rotatable bonds is 2. The molecule has 5 nitrogen and oxygen atoms in total. The highest BCUT2D eigenvalue weighted by atomic mass is 16.5. The normalized spacial score (nSPS) is 32.5. The molecule has 0 N–H and O–H groups in total. The van der Waals surface area contributed by atoms with E-state index in [0.29, 0.717) is 23.3 Å². The lowest BCUT2D eigenvalue weighted by atomic mass is 9.81. The predicted molar refractivity (Wildman–Crippen MR) is 78.1 cm³/mol. The summed E-state index contributed by atoms with van der Waals surface area (Å²) in [6.45, 7) is 1.33. The summed E-state index contributed by atoms with van der Waals surface area (Å²) in [7, 11) is 0. The molecule has 3 fully saturated rings. The van der Waals surface area contributed by atoms with Crippen LogP contribution >= 0.6 is 0 Å². The van der Waals surface area contributed by atoms with Crippen molar-refractivity contribution in [2.75, 3.05) is 4.90 Å². The van der Waals surface area contributed by atoms with Gasteiger partial charge in [0.2, 0.25) is 11.8 Å². The third-order valence-corrected chi connectivity index (χ3v) is 5.28. The number of amides is 2. The molecule has 1 saturated heterocycles. The zero-order valence-corrected chi connectivity index (χ0v) is 12.3. The molecule has 1 aromatic rings. The van der Waals surface area contributed by atoms with Crippen LogP contribution in [0, 0.1) is 23.7 Å². The summed E-state index contributed by atoms with van der Waals surface area (Å²) >= 11 is 0. The van der Waals surface area contributed by atoms with Crippen LogP contribution in [0.1, 0.15) is 26.2 Å². The van der Waals surface area contributed by atoms with Crippen LogP contribution < -0.4 is 9.64 Å². The summed E-state index contributed by atoms with van der Waals surface area (Å²) in [4.78, 5) is 37.6. The number of esters is 1. The first-order valence-corrected chi connectivity index (χ1v) is 7.72. The van der Waals surface area contributed by atoms with E-state index in [0.717, 1.165) is 19.3 Å². The van der Waals surface area contributed by atoms with Crippen LogP contribution in [0.15, 0.2) is 24.3 Å². The summed E-state index contributed by atoms with van der Waals surface area (Å²) in [6, 6.07) is 6.55. The number of carbonyl (C=O) groups excluding carboxylic acids is 3. The molecule has 2 saturated carbocycles. The Bertz CT molecular complexity index is 638. The van der Waals surface area contributed by atoms with Crippen LogP contribution in [-0.2, 0) is 14.4 Å². The van der Waals surface area contributed by atoms with Crippen LogP contribution in [0.25, 0.3) is 0 Å². The van der Waals surface area contributed by atoms with Crippen molar-refractivity contribution in [3.63, 3.8) is 0 Å². The molecule has 3 aliphatic rings. The van der Waals surface area contributed by atoms with Crippen molar-refractivity contribution >= 4 is 23.5 Å². The molecule has 0 radical (unpaired) electrons. The van der Waals surface area contributed by atoms with Gasteiger partial charge < -0.3 is 4.74 Å². The largest absolute Gasteiger partial charge is 0.427 e. The van der Waals surface area contributed by atoms with Crippen molar-refractivity contribution in [2.24, 2.45) is 23.7 Å². The van der Waals surface area contributed by atoms with Gasteiger partial charge in [-0.1, -0.05) is 0 Å². The van der Waals surface area contributed by atoms with Crippen LogP contribution in [0.4, 0.5) is 5.69 Å². The standard InChI is InChI=1S/C17H17NO4/c1-9(19)22-13-6-4-12(5-7-13)18-16(20)14-10-2-3-11(8-10)15(14)17(18)21/h4-7,10-11,14-15H,2-3,8H2,1H3/t10-,11+,14-,15+. The lowest BCUT2D eigenvalue weighted by Crippen LogP contribution is -2.32. The minimum Gasteiger partial charge on any atom is -0.427 e. The maximum Gasteiger partial charge on any atom is 0.308 e. The van der Waals surface area contributed by atoms with Crippen molar-refractivity contribution in [2.45, 2.75) is 26.2 Å². The molecule has 2 bridgehead atoms. The first-order valence-electron chi connectivity index (χ1n) is 7.72. The fraction of sp³-hybridized carbons (Fsp3) is 0.471. The van der Waals surface area contributed by atoms with Crippen molar-refractivity contribution in [1.29, 1.82) is 0 Å². The molecule has 114 valence electrons. The van der Waals surface area contributed by atoms with Gasteiger partial charge in [0, 0.05) is 6.92 Å². The Balaban J connectivity index is 1.62. The molecule has 22 heavy (non-hydrogen) atoms. The Labute approximate surface area is 128 Å². The molecule has 2 amide bonds. The average molecular weight is 299 g/mol. The van der Waals surface area contributed by atoms with Gasteiger partial charge in [-0.05, 0) is 55.4 Å². The van der Waals surface area contributed by atoms with Crippen LogP contribution in [0.3, 0.4) is 0 Å². The molecule has 1 aliphatic heterocycles. The molecular weight excluding hydrogens is 282 g/mol. The second kappa shape index (κ2) is 4.66. The third-order valence-electron chi connectivity index (χ3n) is 5.28. The molecule has 1 heterocycles. The lowest BCUT2D eigenvalue weighted by molar-refractivity contribution is -0.132. The number of benzene rings is 1. The van der Waals surface area contributed by atoms with Crippen LogP contribution in [0.2, 0.25) is 0 Å². The second-order valence-corrected chi connectivity index (χ2v) is 6.48. The van der Waals surface area contributed by atoms with E-state index in [4.69, 9.17) is 4.74 Å². The second-order valence-electron chi connectivity index (χ2n) is 6.48. The van der Waals surface area contributed by atoms with Gasteiger partial charge in [0.15, 0.2) is 0 Å². The first-order chi connectivity index (χ1) is 10.6. The highest BCUT2D eigenvalue weighted by Gasteiger charge is 2.61.